The molecule has 0 saturated carbocycles. The van der Waals surface area contributed by atoms with Crippen LogP contribution in [0.15, 0.2) is 78.9 Å². The summed E-state index contributed by atoms with van der Waals surface area (Å²) in [5.41, 5.74) is 1.06. The number of hydrogen-bond donors (Lipinski definition) is 1. The summed E-state index contributed by atoms with van der Waals surface area (Å²) in [6.45, 7) is 0.288. The van der Waals surface area contributed by atoms with Gasteiger partial charge < -0.3 is 14.6 Å². The Hall–Kier alpha value is -3.27. The minimum atomic E-state index is -1.04. The maximum atomic E-state index is 11.4. The molecule has 3 aromatic carbocycles. The number of ether oxygens (including phenoxy) is 2. The number of carboxylic acids is 1. The molecule has 0 fully saturated rings. The summed E-state index contributed by atoms with van der Waals surface area (Å²) in [7, 11) is 0. The first kappa shape index (κ1) is 15.6. The minimum absolute atomic E-state index is 0.103. The number of aromatic carboxylic acids is 1. The van der Waals surface area contributed by atoms with Crippen LogP contribution in [0.5, 0.6) is 17.2 Å². The van der Waals surface area contributed by atoms with Gasteiger partial charge in [0.2, 0.25) is 0 Å². The van der Waals surface area contributed by atoms with Crippen LogP contribution in [0.2, 0.25) is 0 Å². The van der Waals surface area contributed by atoms with E-state index in [9.17, 15) is 9.90 Å². The molecule has 4 heteroatoms. The summed E-state index contributed by atoms with van der Waals surface area (Å²) >= 11 is 0. The molecule has 3 aromatic rings. The number of carbonyl (C=O) groups is 1. The van der Waals surface area contributed by atoms with Gasteiger partial charge in [-0.05, 0) is 29.8 Å². The van der Waals surface area contributed by atoms with Crippen molar-refractivity contribution in [1.82, 2.24) is 0 Å². The minimum Gasteiger partial charge on any atom is -0.488 e. The van der Waals surface area contributed by atoms with Crippen molar-refractivity contribution in [2.24, 2.45) is 0 Å². The van der Waals surface area contributed by atoms with Crippen molar-refractivity contribution in [3.05, 3.63) is 90.0 Å². The highest BCUT2D eigenvalue weighted by molar-refractivity contribution is 5.91. The lowest BCUT2D eigenvalue weighted by Crippen LogP contribution is -2.03. The molecule has 1 N–H and O–H groups in total. The van der Waals surface area contributed by atoms with Crippen molar-refractivity contribution in [3.8, 4) is 17.2 Å². The van der Waals surface area contributed by atoms with Crippen LogP contribution in [-0.4, -0.2) is 11.1 Å². The lowest BCUT2D eigenvalue weighted by Gasteiger charge is -2.12. The zero-order chi connectivity index (χ0) is 16.8. The van der Waals surface area contributed by atoms with Crippen molar-refractivity contribution in [2.75, 3.05) is 0 Å². The van der Waals surface area contributed by atoms with E-state index in [1.54, 1.807) is 12.1 Å². The SMILES string of the molecule is O=C(O)c1ccc(Oc2ccccc2)cc1OCc1ccccc1. The first-order valence-electron chi connectivity index (χ1n) is 7.49. The van der Waals surface area contributed by atoms with Crippen LogP contribution in [0, 0.1) is 0 Å². The standard InChI is InChI=1S/C20H16O4/c21-20(22)18-12-11-17(24-16-9-5-2-6-10-16)13-19(18)23-14-15-7-3-1-4-8-15/h1-13H,14H2,(H,21,22). The molecule has 4 nitrogen and oxygen atoms in total. The summed E-state index contributed by atoms with van der Waals surface area (Å²) in [6.07, 6.45) is 0. The monoisotopic (exact) mass is 320 g/mol. The Morgan fingerprint density at radius 3 is 2.17 bits per heavy atom. The molecule has 0 spiro atoms. The van der Waals surface area contributed by atoms with E-state index in [4.69, 9.17) is 9.47 Å². The predicted molar refractivity (Wildman–Crippen MR) is 90.7 cm³/mol. The third kappa shape index (κ3) is 3.93. The van der Waals surface area contributed by atoms with Gasteiger partial charge in [0.25, 0.3) is 0 Å². The zero-order valence-electron chi connectivity index (χ0n) is 12.9. The van der Waals surface area contributed by atoms with Gasteiger partial charge in [0.1, 0.15) is 29.4 Å². The van der Waals surface area contributed by atoms with Gasteiger partial charge in [0.05, 0.1) is 0 Å². The Morgan fingerprint density at radius 2 is 1.50 bits per heavy atom. The molecule has 0 bridgehead atoms. The second kappa shape index (κ2) is 7.33. The van der Waals surface area contributed by atoms with Gasteiger partial charge in [-0.2, -0.15) is 0 Å². The second-order valence-corrected chi connectivity index (χ2v) is 5.15. The number of hydrogen-bond acceptors (Lipinski definition) is 3. The van der Waals surface area contributed by atoms with Gasteiger partial charge in [-0.3, -0.25) is 0 Å². The fourth-order valence-corrected chi connectivity index (χ4v) is 2.22. The number of benzene rings is 3. The Kier molecular flexibility index (Phi) is 4.77. The second-order valence-electron chi connectivity index (χ2n) is 5.15. The lowest BCUT2D eigenvalue weighted by molar-refractivity contribution is 0.0691. The molecule has 0 aromatic heterocycles. The molecule has 0 atom stereocenters. The smallest absolute Gasteiger partial charge is 0.339 e. The Bertz CT molecular complexity index is 814. The lowest BCUT2D eigenvalue weighted by atomic mass is 10.2. The van der Waals surface area contributed by atoms with Gasteiger partial charge in [-0.25, -0.2) is 4.79 Å². The number of rotatable bonds is 6. The van der Waals surface area contributed by atoms with Crippen molar-refractivity contribution >= 4 is 5.97 Å². The number of para-hydroxylation sites is 1. The Labute approximate surface area is 139 Å². The molecule has 24 heavy (non-hydrogen) atoms. The first-order chi connectivity index (χ1) is 11.7. The molecule has 0 amide bonds. The molecular weight excluding hydrogens is 304 g/mol. The van der Waals surface area contributed by atoms with E-state index in [1.807, 2.05) is 60.7 Å². The van der Waals surface area contributed by atoms with Gasteiger partial charge in [-0.1, -0.05) is 48.5 Å². The largest absolute Gasteiger partial charge is 0.488 e. The molecule has 120 valence electrons. The van der Waals surface area contributed by atoms with Crippen LogP contribution in [0.3, 0.4) is 0 Å². The quantitative estimate of drug-likeness (QED) is 0.711. The van der Waals surface area contributed by atoms with Gasteiger partial charge >= 0.3 is 5.97 Å². The topological polar surface area (TPSA) is 55.8 Å². The maximum absolute atomic E-state index is 11.4. The summed E-state index contributed by atoms with van der Waals surface area (Å²) < 4.78 is 11.4. The van der Waals surface area contributed by atoms with Gasteiger partial charge in [0, 0.05) is 6.07 Å². The molecule has 0 aliphatic heterocycles. The molecule has 0 radical (unpaired) electrons. The van der Waals surface area contributed by atoms with Crippen molar-refractivity contribution < 1.29 is 19.4 Å². The van der Waals surface area contributed by atoms with E-state index in [1.165, 1.54) is 6.07 Å². The highest BCUT2D eigenvalue weighted by Crippen LogP contribution is 2.29. The van der Waals surface area contributed by atoms with E-state index in [-0.39, 0.29) is 17.9 Å². The fraction of sp³-hybridized carbons (Fsp3) is 0.0500. The molecule has 3 rings (SSSR count). The van der Waals surface area contributed by atoms with E-state index in [0.29, 0.717) is 11.5 Å². The zero-order valence-corrected chi connectivity index (χ0v) is 12.9. The van der Waals surface area contributed by atoms with E-state index < -0.39 is 5.97 Å². The molecule has 0 saturated heterocycles. The molecule has 0 aliphatic carbocycles. The normalized spacial score (nSPS) is 10.2. The highest BCUT2D eigenvalue weighted by atomic mass is 16.5. The van der Waals surface area contributed by atoms with E-state index in [2.05, 4.69) is 0 Å². The Balaban J connectivity index is 1.82. The van der Waals surface area contributed by atoms with E-state index in [0.717, 1.165) is 5.56 Å². The number of carboxylic acid groups (broad SMARTS) is 1. The molecule has 0 unspecified atom stereocenters. The van der Waals surface area contributed by atoms with Gasteiger partial charge in [-0.15, -0.1) is 0 Å². The third-order valence-electron chi connectivity index (χ3n) is 3.40. The van der Waals surface area contributed by atoms with Gasteiger partial charge in [0.15, 0.2) is 0 Å². The van der Waals surface area contributed by atoms with Crippen LogP contribution in [-0.2, 0) is 6.61 Å². The van der Waals surface area contributed by atoms with E-state index >= 15 is 0 Å². The van der Waals surface area contributed by atoms with Crippen LogP contribution < -0.4 is 9.47 Å². The fourth-order valence-electron chi connectivity index (χ4n) is 2.22. The predicted octanol–water partition coefficient (Wildman–Crippen LogP) is 4.76. The van der Waals surface area contributed by atoms with Crippen LogP contribution in [0.25, 0.3) is 0 Å². The summed E-state index contributed by atoms with van der Waals surface area (Å²) in [5.74, 6) is 0.438. The van der Waals surface area contributed by atoms with Crippen molar-refractivity contribution in [1.29, 1.82) is 0 Å². The highest BCUT2D eigenvalue weighted by Gasteiger charge is 2.13. The first-order valence-corrected chi connectivity index (χ1v) is 7.49. The average Bonchev–Trinajstić information content (AvgIpc) is 2.61. The van der Waals surface area contributed by atoms with Crippen LogP contribution >= 0.6 is 0 Å². The molecular formula is C20H16O4. The summed E-state index contributed by atoms with van der Waals surface area (Å²) in [5, 5.41) is 9.32. The average molecular weight is 320 g/mol. The van der Waals surface area contributed by atoms with Crippen LogP contribution in [0.1, 0.15) is 15.9 Å². The molecule has 0 aliphatic rings. The van der Waals surface area contributed by atoms with Crippen LogP contribution in [0.4, 0.5) is 0 Å². The third-order valence-corrected chi connectivity index (χ3v) is 3.40. The molecule has 0 heterocycles. The van der Waals surface area contributed by atoms with Crippen molar-refractivity contribution in [3.63, 3.8) is 0 Å². The van der Waals surface area contributed by atoms with Crippen molar-refractivity contribution in [2.45, 2.75) is 6.61 Å². The maximum Gasteiger partial charge on any atom is 0.339 e. The summed E-state index contributed by atoms with van der Waals surface area (Å²) in [4.78, 5) is 11.4. The summed E-state index contributed by atoms with van der Waals surface area (Å²) in [6, 6.07) is 23.6. The Morgan fingerprint density at radius 1 is 0.833 bits per heavy atom.